The number of cyclic esters (lactones) is 1. The Hall–Kier alpha value is -5.35. The summed E-state index contributed by atoms with van der Waals surface area (Å²) in [4.78, 5) is 66.8. The lowest BCUT2D eigenvalue weighted by molar-refractivity contribution is -0.155. The first-order chi connectivity index (χ1) is 34.3. The number of rotatable bonds is 10. The Morgan fingerprint density at radius 1 is 0.944 bits per heavy atom. The second kappa shape index (κ2) is 20.6. The summed E-state index contributed by atoms with van der Waals surface area (Å²) in [5.41, 5.74) is 10.1. The average Bonchev–Trinajstić information content (AvgIpc) is 4.28. The molecule has 4 N–H and O–H groups in total. The van der Waals surface area contributed by atoms with Crippen molar-refractivity contribution in [3.63, 3.8) is 0 Å². The Morgan fingerprint density at radius 3 is 2.45 bits per heavy atom. The van der Waals surface area contributed by atoms with Crippen molar-refractivity contribution in [1.29, 1.82) is 0 Å². The molecule has 15 nitrogen and oxygen atoms in total. The molecule has 6 atom stereocenters. The number of nitrogens with one attached hydrogen (secondary N) is 3. The van der Waals surface area contributed by atoms with Gasteiger partial charge in [-0.1, -0.05) is 38.8 Å². The number of amides is 3. The molecule has 3 amide bonds. The predicted octanol–water partition coefficient (Wildman–Crippen LogP) is 6.69. The molecule has 2 saturated carbocycles. The number of methoxy groups -OCH3 is 1. The monoisotopic (exact) mass is 971 g/mol. The van der Waals surface area contributed by atoms with E-state index >= 15 is 4.79 Å². The van der Waals surface area contributed by atoms with Gasteiger partial charge >= 0.3 is 5.97 Å². The van der Waals surface area contributed by atoms with Crippen LogP contribution in [0.15, 0.2) is 54.7 Å². The van der Waals surface area contributed by atoms with Crippen LogP contribution < -0.4 is 16.1 Å². The molecule has 3 saturated heterocycles. The molecule has 2 aromatic carbocycles. The minimum atomic E-state index is -1.01. The van der Waals surface area contributed by atoms with Crippen LogP contribution in [-0.4, -0.2) is 130 Å². The Bertz CT molecular complexity index is 2630. The average molecular weight is 971 g/mol. The van der Waals surface area contributed by atoms with E-state index < -0.39 is 29.5 Å². The van der Waals surface area contributed by atoms with Gasteiger partial charge in [0, 0.05) is 86.9 Å². The number of aryl methyl sites for hydroxylation is 1. The second-order valence-electron chi connectivity index (χ2n) is 22.1. The summed E-state index contributed by atoms with van der Waals surface area (Å²) >= 11 is 0. The standard InChI is InChI=1S/C56H74N8O7/c1-6-63-46-20-19-38-31-42(46)43(51(63)41-15-9-21-57-47(41)34(2)70-5)32-56(3,4)33-71-55(69)44-16-10-26-64(60-44)53(67)45(29-35-27-39(38)30-40(65)28-35)58-52(66)50(37-13-7-8-14-37)61-22-11-24-62(25-12-23-61)54(68)49-48(59-49)36-17-18-36/h9,15,19-21,27-28,30-31,34,36-37,44-45,48-50,59-60,65H,6-8,10-14,16-18,22-26,29,32-33H2,1-5H3,(H,58,66)/t34-,44-,45-,48?,49+,50?/m0/s1. The van der Waals surface area contributed by atoms with Crippen LogP contribution in [0.1, 0.15) is 115 Å². The number of hydrogen-bond acceptors (Lipinski definition) is 11. The normalized spacial score (nSPS) is 25.5. The van der Waals surface area contributed by atoms with Crippen LogP contribution >= 0.6 is 0 Å². The van der Waals surface area contributed by atoms with Crippen LogP contribution in [0.5, 0.6) is 5.75 Å². The number of hydrazine groups is 1. The molecule has 6 heterocycles. The van der Waals surface area contributed by atoms with Crippen LogP contribution in [0.3, 0.4) is 0 Å². The number of carbonyl (C=O) groups is 4. The molecule has 5 fully saturated rings. The van der Waals surface area contributed by atoms with Crippen molar-refractivity contribution in [2.24, 2.45) is 17.3 Å². The zero-order valence-electron chi connectivity index (χ0n) is 42.4. The molecule has 2 aromatic heterocycles. The van der Waals surface area contributed by atoms with Crippen LogP contribution in [-0.2, 0) is 48.0 Å². The number of carbonyl (C=O) groups excluding carboxylic acids is 4. The van der Waals surface area contributed by atoms with Gasteiger partial charge in [-0.15, -0.1) is 0 Å². The maximum absolute atomic E-state index is 15.1. The molecule has 0 spiro atoms. The van der Waals surface area contributed by atoms with Crippen LogP contribution in [0.2, 0.25) is 0 Å². The number of pyridine rings is 1. The molecular formula is C56H74N8O7. The van der Waals surface area contributed by atoms with E-state index in [1.165, 1.54) is 17.9 Å². The molecule has 2 unspecified atom stereocenters. The summed E-state index contributed by atoms with van der Waals surface area (Å²) in [6, 6.07) is 14.0. The number of benzene rings is 2. The van der Waals surface area contributed by atoms with Crippen molar-refractivity contribution in [2.75, 3.05) is 46.4 Å². The van der Waals surface area contributed by atoms with Gasteiger partial charge in [-0.25, -0.2) is 5.43 Å². The zero-order chi connectivity index (χ0) is 49.6. The van der Waals surface area contributed by atoms with Gasteiger partial charge in [0.25, 0.3) is 5.91 Å². The van der Waals surface area contributed by atoms with Crippen molar-refractivity contribution in [3.05, 3.63) is 71.5 Å². The third kappa shape index (κ3) is 10.5. The molecule has 71 heavy (non-hydrogen) atoms. The molecule has 10 rings (SSSR count). The van der Waals surface area contributed by atoms with Crippen molar-refractivity contribution < 1.29 is 33.8 Å². The lowest BCUT2D eigenvalue weighted by Gasteiger charge is -2.39. The number of ether oxygens (including phenoxy) is 2. The molecule has 6 bridgehead atoms. The topological polar surface area (TPSA) is 181 Å². The lowest BCUT2D eigenvalue weighted by Crippen LogP contribution is -2.62. The Labute approximate surface area is 418 Å². The molecule has 4 aliphatic heterocycles. The highest BCUT2D eigenvalue weighted by Crippen LogP contribution is 2.43. The van der Waals surface area contributed by atoms with E-state index in [1.54, 1.807) is 25.4 Å². The number of phenols is 1. The highest BCUT2D eigenvalue weighted by molar-refractivity contribution is 5.96. The summed E-state index contributed by atoms with van der Waals surface area (Å²) in [6.45, 7) is 12.2. The lowest BCUT2D eigenvalue weighted by atomic mass is 9.84. The van der Waals surface area contributed by atoms with Gasteiger partial charge in [-0.3, -0.25) is 39.4 Å². The highest BCUT2D eigenvalue weighted by atomic mass is 16.5. The first-order valence-electron chi connectivity index (χ1n) is 26.6. The zero-order valence-corrected chi connectivity index (χ0v) is 42.4. The fraction of sp³-hybridized carbons (Fsp3) is 0.589. The number of phenolic OH excluding ortho intramolecular Hbond substituents is 1. The Morgan fingerprint density at radius 2 is 1.72 bits per heavy atom. The molecule has 6 aliphatic rings. The van der Waals surface area contributed by atoms with E-state index in [1.807, 2.05) is 24.0 Å². The van der Waals surface area contributed by atoms with Crippen molar-refractivity contribution >= 4 is 34.6 Å². The number of hydrogen-bond donors (Lipinski definition) is 4. The summed E-state index contributed by atoms with van der Waals surface area (Å²) < 4.78 is 14.4. The van der Waals surface area contributed by atoms with E-state index in [2.05, 4.69) is 70.6 Å². The summed E-state index contributed by atoms with van der Waals surface area (Å²) in [7, 11) is 1.69. The molecular weight excluding hydrogens is 897 g/mol. The number of aromatic hydroxyl groups is 1. The van der Waals surface area contributed by atoms with Gasteiger partial charge < -0.3 is 29.4 Å². The quantitative estimate of drug-likeness (QED) is 0.0984. The van der Waals surface area contributed by atoms with Gasteiger partial charge in [-0.05, 0) is 142 Å². The van der Waals surface area contributed by atoms with Gasteiger partial charge in [0.2, 0.25) is 11.8 Å². The third-order valence-corrected chi connectivity index (χ3v) is 16.3. The first kappa shape index (κ1) is 49.2. The summed E-state index contributed by atoms with van der Waals surface area (Å²) in [5, 5.41) is 20.7. The van der Waals surface area contributed by atoms with Crippen LogP contribution in [0.4, 0.5) is 0 Å². The molecule has 2 aliphatic carbocycles. The van der Waals surface area contributed by atoms with E-state index in [0.717, 1.165) is 83.1 Å². The fourth-order valence-corrected chi connectivity index (χ4v) is 12.4. The van der Waals surface area contributed by atoms with E-state index in [0.29, 0.717) is 76.1 Å². The predicted molar refractivity (Wildman–Crippen MR) is 272 cm³/mol. The highest BCUT2D eigenvalue weighted by Gasteiger charge is 2.52. The Balaban J connectivity index is 0.991. The largest absolute Gasteiger partial charge is 0.508 e. The van der Waals surface area contributed by atoms with E-state index in [9.17, 15) is 19.5 Å². The minimum Gasteiger partial charge on any atom is -0.508 e. The fourth-order valence-electron chi connectivity index (χ4n) is 12.4. The van der Waals surface area contributed by atoms with Crippen molar-refractivity contribution in [3.8, 4) is 28.1 Å². The Kier molecular flexibility index (Phi) is 14.3. The molecule has 4 aromatic rings. The van der Waals surface area contributed by atoms with Gasteiger partial charge in [0.1, 0.15) is 23.9 Å². The maximum atomic E-state index is 15.1. The van der Waals surface area contributed by atoms with Crippen molar-refractivity contribution in [2.45, 2.75) is 148 Å². The van der Waals surface area contributed by atoms with Gasteiger partial charge in [0.05, 0.1) is 30.1 Å². The summed E-state index contributed by atoms with van der Waals surface area (Å²) in [5.74, 6) is 0.112. The number of nitrogens with zero attached hydrogens (tertiary/aromatic N) is 5. The van der Waals surface area contributed by atoms with Crippen molar-refractivity contribution in [1.82, 2.24) is 40.4 Å². The first-order valence-corrected chi connectivity index (χ1v) is 26.6. The molecule has 15 heteroatoms. The van der Waals surface area contributed by atoms with E-state index in [-0.39, 0.29) is 54.6 Å². The molecule has 0 radical (unpaired) electrons. The second-order valence-corrected chi connectivity index (χ2v) is 22.1. The molecule has 380 valence electrons. The van der Waals surface area contributed by atoms with Gasteiger partial charge in [-0.2, -0.15) is 0 Å². The third-order valence-electron chi connectivity index (χ3n) is 16.3. The van der Waals surface area contributed by atoms with Crippen LogP contribution in [0.25, 0.3) is 33.3 Å². The SMILES string of the molecule is CCn1c(-c2cccnc2[C@H](C)OC)c2c3cc(ccc31)-c1cc(O)cc(c1)C[C@H](NC(=O)C(C1CCCC1)N1CCCN(C(=O)[C@@H]3NC3C3CC3)CCC1)C(=O)N1CCC[C@H](N1)C(=O)OCC(C)(C)C2. The number of esters is 1. The number of fused-ring (bicyclic) bond motifs is 6. The smallest absolute Gasteiger partial charge is 0.324 e. The van der Waals surface area contributed by atoms with Gasteiger partial charge in [0.15, 0.2) is 0 Å². The minimum absolute atomic E-state index is 0.0454. The van der Waals surface area contributed by atoms with E-state index in [4.69, 9.17) is 14.5 Å². The maximum Gasteiger partial charge on any atom is 0.324 e. The number of aromatic nitrogens is 2. The summed E-state index contributed by atoms with van der Waals surface area (Å²) in [6.07, 6.45) is 11.2. The van der Waals surface area contributed by atoms with Crippen LogP contribution in [0, 0.1) is 17.3 Å².